The van der Waals surface area contributed by atoms with Crippen molar-refractivity contribution >= 4 is 11.8 Å². The van der Waals surface area contributed by atoms with E-state index in [0.29, 0.717) is 0 Å². The van der Waals surface area contributed by atoms with Crippen LogP contribution in [0.5, 0.6) is 0 Å². The Bertz CT molecular complexity index is 850. The van der Waals surface area contributed by atoms with Gasteiger partial charge in [0.2, 0.25) is 0 Å². The molecule has 27 heavy (non-hydrogen) atoms. The molecule has 0 fully saturated rings. The maximum Gasteiger partial charge on any atom is 0.407 e. The number of hydrogen-bond acceptors (Lipinski definition) is 7. The lowest BCUT2D eigenvalue weighted by Crippen LogP contribution is -2.35. The van der Waals surface area contributed by atoms with E-state index in [-0.39, 0.29) is 30.0 Å². The van der Waals surface area contributed by atoms with Crippen LogP contribution in [0.2, 0.25) is 0 Å². The fourth-order valence-corrected chi connectivity index (χ4v) is 2.27. The number of rotatable bonds is 7. The molecule has 0 aliphatic heterocycles. The number of aliphatic hydroxyl groups is 2. The zero-order valence-electron chi connectivity index (χ0n) is 14.1. The van der Waals surface area contributed by atoms with Gasteiger partial charge in [-0.15, -0.1) is 0 Å². The third kappa shape index (κ3) is 5.78. The molecule has 0 aromatic heterocycles. The predicted octanol–water partition coefficient (Wildman–Crippen LogP) is 1.79. The summed E-state index contributed by atoms with van der Waals surface area (Å²) in [5, 5.41) is 42.3. The average Bonchev–Trinajstić information content (AvgIpc) is 2.70. The number of amides is 1. The summed E-state index contributed by atoms with van der Waals surface area (Å²) in [7, 11) is 0. The second kappa shape index (κ2) is 9.28. The van der Waals surface area contributed by atoms with E-state index in [2.05, 4.69) is 5.32 Å². The van der Waals surface area contributed by atoms with Gasteiger partial charge in [-0.2, -0.15) is 5.26 Å². The summed E-state index contributed by atoms with van der Waals surface area (Å²) < 4.78 is 4.98. The number of benzene rings is 2. The van der Waals surface area contributed by atoms with Crippen molar-refractivity contribution in [3.63, 3.8) is 0 Å². The molecule has 0 aliphatic rings. The smallest absolute Gasteiger partial charge is 0.407 e. The van der Waals surface area contributed by atoms with Gasteiger partial charge < -0.3 is 20.3 Å². The Hall–Kier alpha value is -3.48. The molecular formula is C18H17N3O6. The van der Waals surface area contributed by atoms with E-state index in [1.54, 1.807) is 30.3 Å². The first-order valence-corrected chi connectivity index (χ1v) is 7.91. The Morgan fingerprint density at radius 1 is 1.26 bits per heavy atom. The summed E-state index contributed by atoms with van der Waals surface area (Å²) in [6.07, 6.45) is -3.78. The van der Waals surface area contributed by atoms with E-state index in [0.717, 1.165) is 17.7 Å². The van der Waals surface area contributed by atoms with Crippen molar-refractivity contribution in [2.75, 3.05) is 6.54 Å². The van der Waals surface area contributed by atoms with Gasteiger partial charge in [-0.3, -0.25) is 10.1 Å². The van der Waals surface area contributed by atoms with E-state index >= 15 is 0 Å². The Morgan fingerprint density at radius 2 is 1.96 bits per heavy atom. The lowest BCUT2D eigenvalue weighted by molar-refractivity contribution is -0.385. The lowest BCUT2D eigenvalue weighted by atomic mass is 10.0. The zero-order valence-corrected chi connectivity index (χ0v) is 14.1. The van der Waals surface area contributed by atoms with Gasteiger partial charge in [0, 0.05) is 18.7 Å². The van der Waals surface area contributed by atoms with Crippen LogP contribution >= 0.6 is 0 Å². The Labute approximate surface area is 154 Å². The molecule has 2 atom stereocenters. The fraction of sp³-hybridized carbons (Fsp3) is 0.222. The molecule has 9 nitrogen and oxygen atoms in total. The molecule has 140 valence electrons. The van der Waals surface area contributed by atoms with E-state index in [9.17, 15) is 25.1 Å². The Balaban J connectivity index is 1.92. The fourth-order valence-electron chi connectivity index (χ4n) is 2.27. The van der Waals surface area contributed by atoms with E-state index in [4.69, 9.17) is 10.00 Å². The van der Waals surface area contributed by atoms with Crippen LogP contribution in [0.1, 0.15) is 22.8 Å². The van der Waals surface area contributed by atoms with Gasteiger partial charge in [0.05, 0.1) is 16.6 Å². The summed E-state index contributed by atoms with van der Waals surface area (Å²) >= 11 is 0. The first-order valence-electron chi connectivity index (χ1n) is 7.91. The molecule has 0 saturated heterocycles. The molecule has 2 aromatic rings. The standard InChI is InChI=1S/C18H17N3O6/c19-9-13-6-14(8-15(7-13)21(25)26)17(23)16(22)10-20-18(24)27-11-12-4-2-1-3-5-12/h1-8,16-17,22-23H,10-11H2,(H,20,24). The number of nitrogens with zero attached hydrogens (tertiary/aromatic N) is 2. The van der Waals surface area contributed by atoms with Gasteiger partial charge in [0.15, 0.2) is 0 Å². The number of hydrogen-bond donors (Lipinski definition) is 3. The van der Waals surface area contributed by atoms with Gasteiger partial charge in [-0.25, -0.2) is 4.79 Å². The molecule has 9 heteroatoms. The van der Waals surface area contributed by atoms with Crippen molar-refractivity contribution in [2.24, 2.45) is 0 Å². The summed E-state index contributed by atoms with van der Waals surface area (Å²) in [4.78, 5) is 21.9. The number of nitriles is 1. The molecule has 0 radical (unpaired) electrons. The maximum atomic E-state index is 11.7. The van der Waals surface area contributed by atoms with Crippen molar-refractivity contribution in [3.8, 4) is 6.07 Å². The van der Waals surface area contributed by atoms with Crippen molar-refractivity contribution < 1.29 is 24.7 Å². The van der Waals surface area contributed by atoms with Crippen molar-refractivity contribution in [1.82, 2.24) is 5.32 Å². The summed E-state index contributed by atoms with van der Waals surface area (Å²) in [6.45, 7) is -0.304. The lowest BCUT2D eigenvalue weighted by Gasteiger charge is -2.18. The van der Waals surface area contributed by atoms with Crippen LogP contribution in [-0.2, 0) is 11.3 Å². The molecule has 1 amide bonds. The van der Waals surface area contributed by atoms with Gasteiger partial charge in [0.25, 0.3) is 5.69 Å². The number of nitrogens with one attached hydrogen (secondary N) is 1. The number of carbonyl (C=O) groups excluding carboxylic acids is 1. The second-order valence-electron chi connectivity index (χ2n) is 5.64. The number of nitro groups is 1. The molecule has 2 aromatic carbocycles. The summed E-state index contributed by atoms with van der Waals surface area (Å²) in [6, 6.07) is 14.1. The third-order valence-electron chi connectivity index (χ3n) is 3.65. The number of nitro benzene ring substituents is 1. The normalized spacial score (nSPS) is 12.5. The van der Waals surface area contributed by atoms with Gasteiger partial charge in [0.1, 0.15) is 18.8 Å². The van der Waals surface area contributed by atoms with Crippen LogP contribution in [-0.4, -0.2) is 33.9 Å². The highest BCUT2D eigenvalue weighted by Gasteiger charge is 2.22. The quantitative estimate of drug-likeness (QED) is 0.497. The molecular weight excluding hydrogens is 354 g/mol. The summed E-state index contributed by atoms with van der Waals surface area (Å²) in [5.41, 5.74) is 0.368. The zero-order chi connectivity index (χ0) is 19.8. The molecule has 3 N–H and O–H groups in total. The van der Waals surface area contributed by atoms with Crippen LogP contribution in [0.15, 0.2) is 48.5 Å². The largest absolute Gasteiger partial charge is 0.445 e. The molecule has 0 saturated carbocycles. The van der Waals surface area contributed by atoms with E-state index in [1.807, 2.05) is 6.07 Å². The van der Waals surface area contributed by atoms with Crippen molar-refractivity contribution in [1.29, 1.82) is 5.26 Å². The van der Waals surface area contributed by atoms with Gasteiger partial charge in [-0.05, 0) is 17.2 Å². The molecule has 2 rings (SSSR count). The van der Waals surface area contributed by atoms with Gasteiger partial charge >= 0.3 is 6.09 Å². The first kappa shape index (κ1) is 19.8. The minimum atomic E-state index is -1.54. The van der Waals surface area contributed by atoms with Crippen LogP contribution in [0.25, 0.3) is 0 Å². The highest BCUT2D eigenvalue weighted by atomic mass is 16.6. The van der Waals surface area contributed by atoms with Crippen molar-refractivity contribution in [3.05, 3.63) is 75.3 Å². The SMILES string of the molecule is N#Cc1cc(C(O)C(O)CNC(=O)OCc2ccccc2)cc([N+](=O)[O-])c1. The number of carbonyl (C=O) groups is 1. The minimum Gasteiger partial charge on any atom is -0.445 e. The second-order valence-corrected chi connectivity index (χ2v) is 5.64. The predicted molar refractivity (Wildman–Crippen MR) is 93.4 cm³/mol. The number of alkyl carbamates (subject to hydrolysis) is 1. The molecule has 0 aliphatic carbocycles. The number of non-ortho nitro benzene ring substituents is 1. The first-order chi connectivity index (χ1) is 12.9. The van der Waals surface area contributed by atoms with Gasteiger partial charge in [-0.1, -0.05) is 30.3 Å². The van der Waals surface area contributed by atoms with Crippen LogP contribution in [0, 0.1) is 21.4 Å². The monoisotopic (exact) mass is 371 g/mol. The Kier molecular flexibility index (Phi) is 6.82. The molecule has 0 bridgehead atoms. The number of ether oxygens (including phenoxy) is 1. The van der Waals surface area contributed by atoms with Crippen molar-refractivity contribution in [2.45, 2.75) is 18.8 Å². The highest BCUT2D eigenvalue weighted by Crippen LogP contribution is 2.24. The topological polar surface area (TPSA) is 146 Å². The molecule has 0 spiro atoms. The molecule has 2 unspecified atom stereocenters. The highest BCUT2D eigenvalue weighted by molar-refractivity contribution is 5.67. The molecule has 0 heterocycles. The third-order valence-corrected chi connectivity index (χ3v) is 3.65. The summed E-state index contributed by atoms with van der Waals surface area (Å²) in [5.74, 6) is 0. The van der Waals surface area contributed by atoms with Crippen LogP contribution < -0.4 is 5.32 Å². The van der Waals surface area contributed by atoms with E-state index in [1.165, 1.54) is 6.07 Å². The maximum absolute atomic E-state index is 11.7. The Morgan fingerprint density at radius 3 is 2.59 bits per heavy atom. The minimum absolute atomic E-state index is 0.00676. The number of aliphatic hydroxyl groups excluding tert-OH is 2. The average molecular weight is 371 g/mol. The van der Waals surface area contributed by atoms with E-state index < -0.39 is 23.2 Å². The van der Waals surface area contributed by atoms with Crippen LogP contribution in [0.3, 0.4) is 0 Å². The van der Waals surface area contributed by atoms with Crippen LogP contribution in [0.4, 0.5) is 10.5 Å².